The van der Waals surface area contributed by atoms with Crippen LogP contribution in [-0.2, 0) is 10.3 Å². The van der Waals surface area contributed by atoms with Crippen molar-refractivity contribution in [1.29, 1.82) is 0 Å². The van der Waals surface area contributed by atoms with E-state index in [9.17, 15) is 9.59 Å². The van der Waals surface area contributed by atoms with Crippen molar-refractivity contribution in [3.05, 3.63) is 65.2 Å². The lowest BCUT2D eigenvalue weighted by Gasteiger charge is -2.35. The van der Waals surface area contributed by atoms with E-state index < -0.39 is 17.4 Å². The molecule has 10 nitrogen and oxygen atoms in total. The first-order valence-electron chi connectivity index (χ1n) is 13.1. The minimum Gasteiger partial charge on any atom is -0.493 e. The van der Waals surface area contributed by atoms with Crippen LogP contribution in [0.4, 0.5) is 5.69 Å². The summed E-state index contributed by atoms with van der Waals surface area (Å²) in [5.41, 5.74) is 1.24. The molecule has 10 heteroatoms. The highest BCUT2D eigenvalue weighted by atomic mass is 16.5. The fourth-order valence-electron chi connectivity index (χ4n) is 6.41. The third-order valence-electron chi connectivity index (χ3n) is 8.20. The maximum Gasteiger partial charge on any atom is 0.250 e. The van der Waals surface area contributed by atoms with Crippen LogP contribution in [0.25, 0.3) is 0 Å². The van der Waals surface area contributed by atoms with Crippen LogP contribution >= 0.6 is 0 Å². The lowest BCUT2D eigenvalue weighted by atomic mass is 9.70. The number of para-hydroxylation sites is 1. The molecule has 1 saturated heterocycles. The highest BCUT2D eigenvalue weighted by Gasteiger charge is 2.64. The van der Waals surface area contributed by atoms with Crippen molar-refractivity contribution >= 4 is 17.4 Å². The highest BCUT2D eigenvalue weighted by Crippen LogP contribution is 2.57. The average molecular weight is 563 g/mol. The minimum absolute atomic E-state index is 0.251. The summed E-state index contributed by atoms with van der Waals surface area (Å²) in [5, 5.41) is 3.02. The maximum absolute atomic E-state index is 14.8. The Morgan fingerprint density at radius 1 is 0.805 bits per heavy atom. The number of fused-ring (bicyclic) bond motifs is 2. The number of hydrogen-bond donors (Lipinski definition) is 1. The van der Waals surface area contributed by atoms with Crippen molar-refractivity contribution < 1.29 is 38.0 Å². The summed E-state index contributed by atoms with van der Waals surface area (Å²) < 4.78 is 33.4. The van der Waals surface area contributed by atoms with Gasteiger partial charge in [0.1, 0.15) is 5.54 Å². The van der Waals surface area contributed by atoms with E-state index in [1.54, 1.807) is 26.4 Å². The van der Waals surface area contributed by atoms with E-state index in [2.05, 4.69) is 5.32 Å². The number of nitrogens with one attached hydrogen (secondary N) is 1. The van der Waals surface area contributed by atoms with Gasteiger partial charge in [0.25, 0.3) is 0 Å². The van der Waals surface area contributed by atoms with Crippen LogP contribution in [0.2, 0.25) is 0 Å². The zero-order chi connectivity index (χ0) is 29.5. The molecule has 1 N–H and O–H groups in total. The van der Waals surface area contributed by atoms with E-state index in [1.165, 1.54) is 28.4 Å². The highest BCUT2D eigenvalue weighted by molar-refractivity contribution is 6.12. The Bertz CT molecular complexity index is 1460. The lowest BCUT2D eigenvalue weighted by molar-refractivity contribution is -0.126. The first-order chi connectivity index (χ1) is 19.8. The Labute approximate surface area is 239 Å². The second kappa shape index (κ2) is 10.9. The molecule has 216 valence electrons. The van der Waals surface area contributed by atoms with Crippen LogP contribution in [0.15, 0.2) is 48.5 Å². The smallest absolute Gasteiger partial charge is 0.250 e. The third-order valence-corrected chi connectivity index (χ3v) is 8.20. The molecule has 0 radical (unpaired) electrons. The van der Waals surface area contributed by atoms with Crippen molar-refractivity contribution in [2.75, 3.05) is 61.6 Å². The van der Waals surface area contributed by atoms with Gasteiger partial charge >= 0.3 is 0 Å². The predicted octanol–water partition coefficient (Wildman–Crippen LogP) is 4.11. The standard InChI is InChI=1S/C31H34N2O8/c1-33-16-19(17-12-22(36-2)28(40-6)23(13-17)37-3)26(31(33)20-10-8-9-11-21(20)32-30(31)35)27(34)18-14-24(38-4)29(41-7)25(15-18)39-5/h8-15,19,26H,16H2,1-7H3,(H,32,35). The molecule has 2 heterocycles. The lowest BCUT2D eigenvalue weighted by Crippen LogP contribution is -2.51. The van der Waals surface area contributed by atoms with Crippen LogP contribution in [0.5, 0.6) is 34.5 Å². The summed E-state index contributed by atoms with van der Waals surface area (Å²) in [5.74, 6) is 0.625. The third kappa shape index (κ3) is 4.12. The Kier molecular flexibility index (Phi) is 7.44. The number of Topliss-reactive ketones (excluding diaryl/α,β-unsaturated/α-hetero) is 1. The molecule has 3 atom stereocenters. The maximum atomic E-state index is 14.8. The number of amides is 1. The number of anilines is 1. The van der Waals surface area contributed by atoms with E-state index in [-0.39, 0.29) is 11.7 Å². The van der Waals surface area contributed by atoms with Crippen LogP contribution in [0.1, 0.15) is 27.4 Å². The Morgan fingerprint density at radius 3 is 1.83 bits per heavy atom. The number of likely N-dealkylation sites (tertiary alicyclic amines) is 1. The van der Waals surface area contributed by atoms with E-state index in [4.69, 9.17) is 28.4 Å². The zero-order valence-electron chi connectivity index (χ0n) is 24.2. The van der Waals surface area contributed by atoms with Gasteiger partial charge in [0.2, 0.25) is 17.4 Å². The number of methoxy groups -OCH3 is 6. The number of ether oxygens (including phenoxy) is 6. The quantitative estimate of drug-likeness (QED) is 0.386. The van der Waals surface area contributed by atoms with Crippen molar-refractivity contribution in [1.82, 2.24) is 4.90 Å². The molecule has 2 aliphatic rings. The fourth-order valence-corrected chi connectivity index (χ4v) is 6.41. The molecule has 3 aromatic carbocycles. The van der Waals surface area contributed by atoms with E-state index in [0.29, 0.717) is 52.3 Å². The van der Waals surface area contributed by atoms with Crippen LogP contribution in [0.3, 0.4) is 0 Å². The second-order valence-corrected chi connectivity index (χ2v) is 9.97. The van der Waals surface area contributed by atoms with Crippen molar-refractivity contribution in [2.45, 2.75) is 11.5 Å². The number of carbonyl (C=O) groups is 2. The van der Waals surface area contributed by atoms with Gasteiger partial charge < -0.3 is 33.7 Å². The molecule has 2 aliphatic heterocycles. The van der Waals surface area contributed by atoms with Gasteiger partial charge in [0.15, 0.2) is 28.8 Å². The summed E-state index contributed by atoms with van der Waals surface area (Å²) in [4.78, 5) is 30.8. The summed E-state index contributed by atoms with van der Waals surface area (Å²) in [7, 11) is 11.0. The molecule has 1 spiro atoms. The molecule has 1 fully saturated rings. The van der Waals surface area contributed by atoms with Gasteiger partial charge in [-0.3, -0.25) is 14.5 Å². The van der Waals surface area contributed by atoms with Gasteiger partial charge in [0.05, 0.1) is 48.6 Å². The van der Waals surface area contributed by atoms with Gasteiger partial charge in [-0.25, -0.2) is 0 Å². The Morgan fingerprint density at radius 2 is 1.32 bits per heavy atom. The average Bonchev–Trinajstić information content (AvgIpc) is 3.48. The molecule has 3 unspecified atom stereocenters. The van der Waals surface area contributed by atoms with Crippen LogP contribution < -0.4 is 33.7 Å². The van der Waals surface area contributed by atoms with Crippen LogP contribution in [0, 0.1) is 5.92 Å². The number of carbonyl (C=O) groups excluding carboxylic acids is 2. The number of benzene rings is 3. The van der Waals surface area contributed by atoms with E-state index in [0.717, 1.165) is 11.1 Å². The first-order valence-corrected chi connectivity index (χ1v) is 13.1. The topological polar surface area (TPSA) is 105 Å². The Hall–Kier alpha value is -4.44. The SMILES string of the molecule is COc1cc(C(=O)C2C(c3cc(OC)c(OC)c(OC)c3)CN(C)C23C(=O)Nc2ccccc23)cc(OC)c1OC. The fraction of sp³-hybridized carbons (Fsp3) is 0.355. The number of rotatable bonds is 9. The van der Waals surface area contributed by atoms with E-state index >= 15 is 0 Å². The van der Waals surface area contributed by atoms with E-state index in [1.807, 2.05) is 48.3 Å². The van der Waals surface area contributed by atoms with Crippen molar-refractivity contribution in [2.24, 2.45) is 5.92 Å². The van der Waals surface area contributed by atoms with Gasteiger partial charge in [0, 0.05) is 29.3 Å². The minimum atomic E-state index is -1.28. The van der Waals surface area contributed by atoms with Crippen LogP contribution in [-0.4, -0.2) is 72.8 Å². The van der Waals surface area contributed by atoms with Crippen molar-refractivity contribution in [3.8, 4) is 34.5 Å². The first kappa shape index (κ1) is 28.1. The molecular weight excluding hydrogens is 528 g/mol. The molecule has 0 aromatic heterocycles. The Balaban J connectivity index is 1.77. The molecule has 0 bridgehead atoms. The summed E-state index contributed by atoms with van der Waals surface area (Å²) in [6.07, 6.45) is 0. The molecule has 3 aromatic rings. The summed E-state index contributed by atoms with van der Waals surface area (Å²) >= 11 is 0. The molecular formula is C31H34N2O8. The number of hydrogen-bond acceptors (Lipinski definition) is 9. The van der Waals surface area contributed by atoms with Gasteiger partial charge in [-0.05, 0) is 42.9 Å². The zero-order valence-corrected chi connectivity index (χ0v) is 24.2. The summed E-state index contributed by atoms with van der Waals surface area (Å²) in [6, 6.07) is 14.4. The largest absolute Gasteiger partial charge is 0.493 e. The molecule has 1 amide bonds. The molecule has 5 rings (SSSR count). The van der Waals surface area contributed by atoms with Gasteiger partial charge in [-0.15, -0.1) is 0 Å². The molecule has 0 aliphatic carbocycles. The normalized spacial score (nSPS) is 21.3. The molecule has 0 saturated carbocycles. The molecule has 41 heavy (non-hydrogen) atoms. The number of ketones is 1. The van der Waals surface area contributed by atoms with Gasteiger partial charge in [-0.1, -0.05) is 18.2 Å². The number of likely N-dealkylation sites (N-methyl/N-ethyl adjacent to an activating group) is 1. The van der Waals surface area contributed by atoms with Crippen molar-refractivity contribution in [3.63, 3.8) is 0 Å². The number of nitrogens with zero attached hydrogens (tertiary/aromatic N) is 1. The second-order valence-electron chi connectivity index (χ2n) is 9.97. The summed E-state index contributed by atoms with van der Waals surface area (Å²) in [6.45, 7) is 0.404. The van der Waals surface area contributed by atoms with Gasteiger partial charge in [-0.2, -0.15) is 0 Å². The predicted molar refractivity (Wildman–Crippen MR) is 152 cm³/mol. The monoisotopic (exact) mass is 562 g/mol.